The van der Waals surface area contributed by atoms with E-state index in [1.807, 2.05) is 43.3 Å². The fraction of sp³-hybridized carbons (Fsp3) is 0.302. The van der Waals surface area contributed by atoms with Crippen LogP contribution in [-0.2, 0) is 45.9 Å². The Morgan fingerprint density at radius 2 is 1.06 bits per heavy atom. The van der Waals surface area contributed by atoms with Gasteiger partial charge in [-0.25, -0.2) is 16.8 Å². The predicted molar refractivity (Wildman–Crippen MR) is 232 cm³/mol. The van der Waals surface area contributed by atoms with Crippen LogP contribution in [-0.4, -0.2) is 75.5 Å². The number of alkyl halides is 6. The second kappa shape index (κ2) is 18.1. The Morgan fingerprint density at radius 1 is 0.635 bits per heavy atom. The highest BCUT2D eigenvalue weighted by Gasteiger charge is 2.40. The van der Waals surface area contributed by atoms with Crippen LogP contribution in [0.25, 0.3) is 10.4 Å². The second-order valence-corrected chi connectivity index (χ2v) is 21.4. The number of aryl methyl sites for hydroxylation is 1. The summed E-state index contributed by atoms with van der Waals surface area (Å²) in [5.74, 6) is -1.81. The molecule has 4 aromatic carbocycles. The largest absolute Gasteiger partial charge is 0.480 e. The molecule has 0 spiro atoms. The van der Waals surface area contributed by atoms with E-state index in [1.165, 1.54) is 9.80 Å². The summed E-state index contributed by atoms with van der Waals surface area (Å²) in [6, 6.07) is 20.3. The topological polar surface area (TPSA) is 127 Å². The second-order valence-electron chi connectivity index (χ2n) is 15.2. The number of sulfone groups is 2. The predicted octanol–water partition coefficient (Wildman–Crippen LogP) is 9.79. The molecule has 0 radical (unpaired) electrons. The number of hydrogen-bond acceptors (Lipinski definition) is 9. The van der Waals surface area contributed by atoms with Gasteiger partial charge in [0.15, 0.2) is 31.9 Å². The summed E-state index contributed by atoms with van der Waals surface area (Å²) in [6.45, 7) is 4.74. The highest BCUT2D eigenvalue weighted by molar-refractivity contribution is 14.1. The molecule has 10 nitrogen and oxygen atoms in total. The maximum atomic E-state index is 13.4. The first-order valence-corrected chi connectivity index (χ1v) is 24.6. The number of ether oxygens (including phenoxy) is 2. The molecule has 2 atom stereocenters. The molecule has 2 aliphatic heterocycles. The molecule has 0 saturated heterocycles. The van der Waals surface area contributed by atoms with Gasteiger partial charge in [0.1, 0.15) is 11.5 Å². The minimum Gasteiger partial charge on any atom is -0.480 e. The van der Waals surface area contributed by atoms with Gasteiger partial charge in [0, 0.05) is 47.1 Å². The molecule has 63 heavy (non-hydrogen) atoms. The van der Waals surface area contributed by atoms with Crippen LogP contribution in [0, 0.1) is 10.5 Å². The molecule has 2 aliphatic rings. The molecule has 7 rings (SSSR count). The fourth-order valence-electron chi connectivity index (χ4n) is 6.66. The highest BCUT2D eigenvalue weighted by atomic mass is 127. The van der Waals surface area contributed by atoms with Crippen LogP contribution in [0.4, 0.5) is 26.3 Å². The van der Waals surface area contributed by atoms with Crippen molar-refractivity contribution in [2.45, 2.75) is 81.3 Å². The lowest BCUT2D eigenvalue weighted by atomic mass is 10.1. The number of thiophene rings is 1. The first-order chi connectivity index (χ1) is 29.2. The number of amides is 2. The molecule has 1 aromatic heterocycles. The van der Waals surface area contributed by atoms with Gasteiger partial charge in [0.05, 0.1) is 20.9 Å². The Labute approximate surface area is 377 Å². The van der Waals surface area contributed by atoms with Crippen molar-refractivity contribution in [3.8, 4) is 21.9 Å². The molecular formula is C43H39F6IN2O8S3. The Bertz CT molecular complexity index is 2810. The highest BCUT2D eigenvalue weighted by Crippen LogP contribution is 2.36. The van der Waals surface area contributed by atoms with Gasteiger partial charge in [-0.3, -0.25) is 9.59 Å². The standard InChI is InChI=1S/C24H22F3NO4S2.C19H17F3INO4S/c1-14-8-22(33-13-14)16-4-5-17-11-28(12-18(17)9-16)23(29)20-10-19(34(3,30)31)6-7-21(20)32-15(2)24(25,26)27;1-11(19(20,21)22)28-17-6-5-15(29(2,26)27)8-16(17)18(25)24-9-12-3-4-14(23)7-13(12)10-24/h4-10,13,15H,11-12H2,1-3H3;3-8,11H,9-10H2,1-2H3/t;11-/m.0/s1. The molecule has 0 N–H and O–H groups in total. The van der Waals surface area contributed by atoms with Crippen molar-refractivity contribution in [3.05, 3.63) is 127 Å². The zero-order valence-electron chi connectivity index (χ0n) is 34.1. The molecule has 2 amide bonds. The van der Waals surface area contributed by atoms with Gasteiger partial charge in [-0.05, 0) is 143 Å². The monoisotopic (exact) mass is 1050 g/mol. The van der Waals surface area contributed by atoms with Crippen LogP contribution in [0.1, 0.15) is 62.4 Å². The summed E-state index contributed by atoms with van der Waals surface area (Å²) in [5.41, 5.74) is 5.47. The van der Waals surface area contributed by atoms with E-state index in [1.54, 1.807) is 11.3 Å². The van der Waals surface area contributed by atoms with Crippen molar-refractivity contribution in [3.63, 3.8) is 0 Å². The maximum absolute atomic E-state index is 13.4. The van der Waals surface area contributed by atoms with Gasteiger partial charge in [0.2, 0.25) is 0 Å². The Kier molecular flexibility index (Phi) is 13.7. The number of nitrogens with zero attached hydrogens (tertiary/aromatic N) is 2. The van der Waals surface area contributed by atoms with Crippen LogP contribution in [0.5, 0.6) is 11.5 Å². The Hall–Kier alpha value is -4.67. The van der Waals surface area contributed by atoms with E-state index in [0.717, 1.165) is 105 Å². The van der Waals surface area contributed by atoms with Gasteiger partial charge in [0.25, 0.3) is 11.8 Å². The van der Waals surface area contributed by atoms with Crippen molar-refractivity contribution < 1.29 is 62.2 Å². The van der Waals surface area contributed by atoms with Gasteiger partial charge in [-0.15, -0.1) is 11.3 Å². The molecule has 0 bridgehead atoms. The van der Waals surface area contributed by atoms with Crippen molar-refractivity contribution in [1.82, 2.24) is 9.80 Å². The minimum absolute atomic E-state index is 0.167. The smallest absolute Gasteiger partial charge is 0.425 e. The number of hydrogen-bond donors (Lipinski definition) is 0. The molecule has 336 valence electrons. The molecule has 5 aromatic rings. The molecule has 0 aliphatic carbocycles. The van der Waals surface area contributed by atoms with Crippen LogP contribution < -0.4 is 9.47 Å². The number of carbonyl (C=O) groups is 2. The van der Waals surface area contributed by atoms with Crippen molar-refractivity contribution in [1.29, 1.82) is 0 Å². The Balaban J connectivity index is 0.000000213. The first kappa shape index (κ1) is 47.8. The van der Waals surface area contributed by atoms with E-state index in [-0.39, 0.29) is 58.6 Å². The number of halogens is 7. The molecule has 0 fully saturated rings. The average Bonchev–Trinajstić information content (AvgIpc) is 3.94. The van der Waals surface area contributed by atoms with E-state index < -0.39 is 56.0 Å². The van der Waals surface area contributed by atoms with Gasteiger partial charge >= 0.3 is 12.4 Å². The van der Waals surface area contributed by atoms with E-state index >= 15 is 0 Å². The third kappa shape index (κ3) is 11.4. The number of benzene rings is 4. The van der Waals surface area contributed by atoms with Crippen molar-refractivity contribution in [2.75, 3.05) is 12.5 Å². The van der Waals surface area contributed by atoms with Gasteiger partial charge < -0.3 is 19.3 Å². The van der Waals surface area contributed by atoms with Crippen molar-refractivity contribution in [2.24, 2.45) is 0 Å². The summed E-state index contributed by atoms with van der Waals surface area (Å²) in [5, 5.41) is 2.05. The van der Waals surface area contributed by atoms with Crippen LogP contribution in [0.15, 0.2) is 94.0 Å². The lowest BCUT2D eigenvalue weighted by Gasteiger charge is -2.22. The van der Waals surface area contributed by atoms with Crippen molar-refractivity contribution >= 4 is 65.4 Å². The molecule has 0 saturated carbocycles. The summed E-state index contributed by atoms with van der Waals surface area (Å²) >= 11 is 3.77. The van der Waals surface area contributed by atoms with E-state index in [2.05, 4.69) is 34.0 Å². The first-order valence-electron chi connectivity index (χ1n) is 18.9. The van der Waals surface area contributed by atoms with E-state index in [0.29, 0.717) is 0 Å². The van der Waals surface area contributed by atoms with E-state index in [4.69, 9.17) is 9.47 Å². The summed E-state index contributed by atoms with van der Waals surface area (Å²) < 4.78 is 137. The van der Waals surface area contributed by atoms with E-state index in [9.17, 15) is 52.8 Å². The third-order valence-corrected chi connectivity index (χ3v) is 14.1. The van der Waals surface area contributed by atoms with Gasteiger partial charge in [-0.2, -0.15) is 26.3 Å². The van der Waals surface area contributed by atoms with Crippen LogP contribution >= 0.6 is 33.9 Å². The molecule has 20 heteroatoms. The summed E-state index contributed by atoms with van der Waals surface area (Å²) in [7, 11) is -7.36. The Morgan fingerprint density at radius 3 is 1.48 bits per heavy atom. The maximum Gasteiger partial charge on any atom is 0.425 e. The lowest BCUT2D eigenvalue weighted by Crippen LogP contribution is -2.32. The number of rotatable bonds is 9. The van der Waals surface area contributed by atoms with Crippen LogP contribution in [0.2, 0.25) is 0 Å². The zero-order chi connectivity index (χ0) is 46.4. The normalized spacial score (nSPS) is 14.9. The number of fused-ring (bicyclic) bond motifs is 2. The summed E-state index contributed by atoms with van der Waals surface area (Å²) in [4.78, 5) is 30.2. The SMILES string of the molecule is C[C@H](Oc1ccc(S(C)(=O)=O)cc1C(=O)N1Cc2ccc(I)cc2C1)C(F)(F)F.Cc1csc(-c2ccc3c(c2)CN(C(=O)c2cc(S(C)(=O)=O)ccc2OC(C)C(F)(F)F)C3)c1. The van der Waals surface area contributed by atoms with Gasteiger partial charge in [-0.1, -0.05) is 18.2 Å². The molecular weight excluding hydrogens is 1010 g/mol. The molecule has 3 heterocycles. The third-order valence-electron chi connectivity index (χ3n) is 10.2. The quantitative estimate of drug-likeness (QED) is 0.106. The minimum atomic E-state index is -4.64. The zero-order valence-corrected chi connectivity index (χ0v) is 38.7. The molecule has 1 unspecified atom stereocenters. The fourth-order valence-corrected chi connectivity index (χ4v) is 9.40. The van der Waals surface area contributed by atoms with Crippen LogP contribution in [0.3, 0.4) is 0 Å². The lowest BCUT2D eigenvalue weighted by molar-refractivity contribution is -0.189. The summed E-state index contributed by atoms with van der Waals surface area (Å²) in [6.07, 6.45) is -11.7. The number of carbonyl (C=O) groups excluding carboxylic acids is 2. The average molecular weight is 1050 g/mol.